The molecule has 3 aromatic rings. The summed E-state index contributed by atoms with van der Waals surface area (Å²) in [6, 6.07) is 11.4. The Bertz CT molecular complexity index is 1260. The standard InChI is InChI=1S/C26H27FN4O2/c1-28-20-12-9-18(10-13-20)24-23(19-11-14-22(33-4)21(27)15-19)25(32)31(3)26(29-24)30(2)16-17-7-5-6-8-17/h9-15,17H,5-8,16H2,2-4H3. The first kappa shape index (κ1) is 22.5. The van der Waals surface area contributed by atoms with Crippen LogP contribution in [0.2, 0.25) is 0 Å². The Morgan fingerprint density at radius 1 is 1.18 bits per heavy atom. The molecule has 170 valence electrons. The second-order valence-electron chi connectivity index (χ2n) is 8.54. The molecule has 6 nitrogen and oxygen atoms in total. The molecule has 0 aliphatic heterocycles. The number of halogens is 1. The number of methoxy groups -OCH3 is 1. The fourth-order valence-corrected chi connectivity index (χ4v) is 4.58. The predicted molar refractivity (Wildman–Crippen MR) is 128 cm³/mol. The average molecular weight is 447 g/mol. The van der Waals surface area contributed by atoms with Gasteiger partial charge in [-0.3, -0.25) is 9.36 Å². The van der Waals surface area contributed by atoms with Crippen molar-refractivity contribution in [2.45, 2.75) is 25.7 Å². The first-order valence-corrected chi connectivity index (χ1v) is 11.1. The van der Waals surface area contributed by atoms with Gasteiger partial charge in [0.1, 0.15) is 0 Å². The lowest BCUT2D eigenvalue weighted by molar-refractivity contribution is 0.386. The van der Waals surface area contributed by atoms with Crippen LogP contribution in [-0.2, 0) is 7.05 Å². The van der Waals surface area contributed by atoms with Gasteiger partial charge in [-0.05, 0) is 42.0 Å². The summed E-state index contributed by atoms with van der Waals surface area (Å²) >= 11 is 0. The highest BCUT2D eigenvalue weighted by atomic mass is 19.1. The Kier molecular flexibility index (Phi) is 6.45. The molecule has 1 saturated carbocycles. The Morgan fingerprint density at radius 3 is 2.45 bits per heavy atom. The third-order valence-corrected chi connectivity index (χ3v) is 6.33. The topological polar surface area (TPSA) is 51.7 Å². The van der Waals surface area contributed by atoms with Crippen LogP contribution < -0.4 is 15.2 Å². The van der Waals surface area contributed by atoms with Gasteiger partial charge in [0, 0.05) is 20.6 Å². The maximum absolute atomic E-state index is 14.5. The van der Waals surface area contributed by atoms with E-state index in [1.54, 1.807) is 37.4 Å². The molecule has 7 heteroatoms. The van der Waals surface area contributed by atoms with Crippen molar-refractivity contribution in [1.29, 1.82) is 0 Å². The maximum atomic E-state index is 14.5. The Morgan fingerprint density at radius 2 is 1.85 bits per heavy atom. The lowest BCUT2D eigenvalue weighted by atomic mass is 9.99. The van der Waals surface area contributed by atoms with E-state index < -0.39 is 5.82 Å². The van der Waals surface area contributed by atoms with Crippen LogP contribution in [0, 0.1) is 18.3 Å². The lowest BCUT2D eigenvalue weighted by Crippen LogP contribution is -2.33. The van der Waals surface area contributed by atoms with Gasteiger partial charge >= 0.3 is 0 Å². The Hall–Kier alpha value is -3.66. The van der Waals surface area contributed by atoms with Gasteiger partial charge in [0.15, 0.2) is 17.3 Å². The molecule has 0 amide bonds. The number of nitrogens with zero attached hydrogens (tertiary/aromatic N) is 4. The molecule has 0 bridgehead atoms. The van der Waals surface area contributed by atoms with E-state index in [2.05, 4.69) is 4.85 Å². The second-order valence-corrected chi connectivity index (χ2v) is 8.54. The highest BCUT2D eigenvalue weighted by molar-refractivity contribution is 5.82. The predicted octanol–water partition coefficient (Wildman–Crippen LogP) is 5.44. The summed E-state index contributed by atoms with van der Waals surface area (Å²) in [5, 5.41) is 0. The van der Waals surface area contributed by atoms with Crippen molar-refractivity contribution in [2.24, 2.45) is 13.0 Å². The minimum atomic E-state index is -0.547. The van der Waals surface area contributed by atoms with Crippen LogP contribution in [0.4, 0.5) is 16.0 Å². The van der Waals surface area contributed by atoms with E-state index in [1.807, 2.05) is 11.9 Å². The monoisotopic (exact) mass is 446 g/mol. The van der Waals surface area contributed by atoms with E-state index in [1.165, 1.54) is 49.5 Å². The molecular weight excluding hydrogens is 419 g/mol. The quantitative estimate of drug-likeness (QED) is 0.473. The summed E-state index contributed by atoms with van der Waals surface area (Å²) in [5.74, 6) is 0.714. The lowest BCUT2D eigenvalue weighted by Gasteiger charge is -2.25. The van der Waals surface area contributed by atoms with Crippen LogP contribution in [0.15, 0.2) is 47.3 Å². The summed E-state index contributed by atoms with van der Waals surface area (Å²) in [7, 11) is 5.06. The Balaban J connectivity index is 1.89. The minimum Gasteiger partial charge on any atom is -0.494 e. The molecule has 1 aromatic heterocycles. The second kappa shape index (κ2) is 9.45. The maximum Gasteiger partial charge on any atom is 0.263 e. The summed E-state index contributed by atoms with van der Waals surface area (Å²) in [5.41, 5.74) is 2.14. The third kappa shape index (κ3) is 4.47. The number of rotatable bonds is 6. The molecule has 0 spiro atoms. The number of hydrogen-bond acceptors (Lipinski definition) is 4. The number of ether oxygens (including phenoxy) is 1. The van der Waals surface area contributed by atoms with Gasteiger partial charge in [-0.1, -0.05) is 43.2 Å². The van der Waals surface area contributed by atoms with Crippen LogP contribution in [0.3, 0.4) is 0 Å². The van der Waals surface area contributed by atoms with Gasteiger partial charge in [0.25, 0.3) is 5.56 Å². The van der Waals surface area contributed by atoms with Crippen LogP contribution in [0.1, 0.15) is 25.7 Å². The first-order valence-electron chi connectivity index (χ1n) is 11.1. The summed E-state index contributed by atoms with van der Waals surface area (Å²) < 4.78 is 21.1. The normalized spacial score (nSPS) is 13.7. The molecule has 1 fully saturated rings. The van der Waals surface area contributed by atoms with Gasteiger partial charge in [0.2, 0.25) is 5.95 Å². The summed E-state index contributed by atoms with van der Waals surface area (Å²) in [4.78, 5) is 24.0. The van der Waals surface area contributed by atoms with Crippen molar-refractivity contribution in [3.63, 3.8) is 0 Å². The van der Waals surface area contributed by atoms with E-state index in [4.69, 9.17) is 16.3 Å². The number of aromatic nitrogens is 2. The highest BCUT2D eigenvalue weighted by Crippen LogP contribution is 2.33. The molecule has 33 heavy (non-hydrogen) atoms. The average Bonchev–Trinajstić information content (AvgIpc) is 3.33. The molecule has 1 heterocycles. The van der Waals surface area contributed by atoms with Gasteiger partial charge in [-0.2, -0.15) is 0 Å². The largest absolute Gasteiger partial charge is 0.494 e. The van der Waals surface area contributed by atoms with Gasteiger partial charge in [-0.25, -0.2) is 14.2 Å². The molecule has 0 radical (unpaired) electrons. The molecular formula is C26H27FN4O2. The minimum absolute atomic E-state index is 0.111. The third-order valence-electron chi connectivity index (χ3n) is 6.33. The van der Waals surface area contributed by atoms with E-state index in [9.17, 15) is 9.18 Å². The van der Waals surface area contributed by atoms with Crippen molar-refractivity contribution in [1.82, 2.24) is 9.55 Å². The molecule has 2 aromatic carbocycles. The molecule has 0 saturated heterocycles. The molecule has 0 N–H and O–H groups in total. The molecule has 4 rings (SSSR count). The number of benzene rings is 2. The summed E-state index contributed by atoms with van der Waals surface area (Å²) in [6.45, 7) is 8.04. The molecule has 0 unspecified atom stereocenters. The zero-order chi connectivity index (χ0) is 23.5. The zero-order valence-corrected chi connectivity index (χ0v) is 19.1. The first-order chi connectivity index (χ1) is 15.9. The van der Waals surface area contributed by atoms with Crippen molar-refractivity contribution in [2.75, 3.05) is 25.6 Å². The van der Waals surface area contributed by atoms with Gasteiger partial charge in [0.05, 0.1) is 24.9 Å². The van der Waals surface area contributed by atoms with Gasteiger partial charge < -0.3 is 9.64 Å². The fourth-order valence-electron chi connectivity index (χ4n) is 4.58. The van der Waals surface area contributed by atoms with E-state index in [-0.39, 0.29) is 11.3 Å². The van der Waals surface area contributed by atoms with E-state index in [0.717, 1.165) is 6.54 Å². The van der Waals surface area contributed by atoms with Crippen LogP contribution in [0.25, 0.3) is 27.2 Å². The van der Waals surface area contributed by atoms with E-state index in [0.29, 0.717) is 39.9 Å². The van der Waals surface area contributed by atoms with Crippen molar-refractivity contribution in [3.8, 4) is 28.1 Å². The van der Waals surface area contributed by atoms with Crippen LogP contribution in [-0.4, -0.2) is 30.3 Å². The van der Waals surface area contributed by atoms with Crippen LogP contribution in [0.5, 0.6) is 5.75 Å². The summed E-state index contributed by atoms with van der Waals surface area (Å²) in [6.07, 6.45) is 4.86. The zero-order valence-electron chi connectivity index (χ0n) is 19.1. The van der Waals surface area contributed by atoms with Crippen LogP contribution >= 0.6 is 0 Å². The van der Waals surface area contributed by atoms with Gasteiger partial charge in [-0.15, -0.1) is 0 Å². The van der Waals surface area contributed by atoms with Crippen molar-refractivity contribution < 1.29 is 9.13 Å². The smallest absolute Gasteiger partial charge is 0.263 e. The molecule has 1 aliphatic rings. The fraction of sp³-hybridized carbons (Fsp3) is 0.346. The SMILES string of the molecule is [C-]#[N+]c1ccc(-c2nc(N(C)CC3CCCC3)n(C)c(=O)c2-c2ccc(OC)c(F)c2)cc1. The molecule has 1 aliphatic carbocycles. The Labute approximate surface area is 193 Å². The molecule has 0 atom stereocenters. The highest BCUT2D eigenvalue weighted by Gasteiger charge is 2.23. The van der Waals surface area contributed by atoms with Crippen molar-refractivity contribution in [3.05, 3.63) is 70.1 Å². The van der Waals surface area contributed by atoms with Crippen molar-refractivity contribution >= 4 is 11.6 Å². The number of anilines is 1. The van der Waals surface area contributed by atoms with E-state index >= 15 is 0 Å². The number of hydrogen-bond donors (Lipinski definition) is 0.